The summed E-state index contributed by atoms with van der Waals surface area (Å²) in [5.41, 5.74) is 0. The van der Waals surface area contributed by atoms with Crippen LogP contribution in [-0.4, -0.2) is 43.4 Å². The van der Waals surface area contributed by atoms with Crippen LogP contribution in [0, 0.1) is 5.92 Å². The van der Waals surface area contributed by atoms with E-state index in [4.69, 9.17) is 9.47 Å². The summed E-state index contributed by atoms with van der Waals surface area (Å²) >= 11 is 0. The Morgan fingerprint density at radius 1 is 1.25 bits per heavy atom. The second-order valence-electron chi connectivity index (χ2n) is 4.70. The maximum absolute atomic E-state index is 11.6. The zero-order valence-electron chi connectivity index (χ0n) is 10.7. The molecule has 0 aromatic rings. The Labute approximate surface area is 97.9 Å². The SMILES string of the molecule is COC(C)C1CCN(C(=O)OC(C)C)CC1. The maximum atomic E-state index is 11.6. The van der Waals surface area contributed by atoms with Crippen molar-refractivity contribution in [3.63, 3.8) is 0 Å². The molecule has 0 spiro atoms. The first kappa shape index (κ1) is 13.3. The molecule has 1 rings (SSSR count). The number of ether oxygens (including phenoxy) is 2. The van der Waals surface area contributed by atoms with Gasteiger partial charge in [-0.15, -0.1) is 0 Å². The predicted octanol–water partition coefficient (Wildman–Crippen LogP) is 2.28. The van der Waals surface area contributed by atoms with Gasteiger partial charge in [0.2, 0.25) is 0 Å². The van der Waals surface area contributed by atoms with Crippen LogP contribution in [0.25, 0.3) is 0 Å². The first-order valence-electron chi connectivity index (χ1n) is 6.03. The van der Waals surface area contributed by atoms with Gasteiger partial charge in [0, 0.05) is 20.2 Å². The Hall–Kier alpha value is -0.770. The monoisotopic (exact) mass is 229 g/mol. The number of hydrogen-bond acceptors (Lipinski definition) is 3. The fourth-order valence-electron chi connectivity index (χ4n) is 2.02. The standard InChI is InChI=1S/C12H23NO3/c1-9(2)16-12(14)13-7-5-11(6-8-13)10(3)15-4/h9-11H,5-8H2,1-4H3. The van der Waals surface area contributed by atoms with Gasteiger partial charge in [-0.2, -0.15) is 0 Å². The van der Waals surface area contributed by atoms with Crippen LogP contribution in [0.3, 0.4) is 0 Å². The molecule has 94 valence electrons. The lowest BCUT2D eigenvalue weighted by Crippen LogP contribution is -2.42. The maximum Gasteiger partial charge on any atom is 0.410 e. The molecule has 1 aliphatic heterocycles. The Morgan fingerprint density at radius 3 is 2.25 bits per heavy atom. The molecule has 4 heteroatoms. The third kappa shape index (κ3) is 3.67. The van der Waals surface area contributed by atoms with Gasteiger partial charge in [0.1, 0.15) is 0 Å². The molecule has 1 aliphatic rings. The first-order valence-corrected chi connectivity index (χ1v) is 6.03. The highest BCUT2D eigenvalue weighted by atomic mass is 16.6. The summed E-state index contributed by atoms with van der Waals surface area (Å²) in [7, 11) is 1.74. The van der Waals surface area contributed by atoms with Crippen molar-refractivity contribution in [3.8, 4) is 0 Å². The summed E-state index contributed by atoms with van der Waals surface area (Å²) in [5.74, 6) is 0.563. The fourth-order valence-corrected chi connectivity index (χ4v) is 2.02. The molecule has 1 fully saturated rings. The van der Waals surface area contributed by atoms with Crippen molar-refractivity contribution in [2.45, 2.75) is 45.8 Å². The molecule has 0 N–H and O–H groups in total. The van der Waals surface area contributed by atoms with E-state index in [1.807, 2.05) is 13.8 Å². The Kier molecular flexibility index (Phi) is 5.06. The van der Waals surface area contributed by atoms with E-state index in [1.54, 1.807) is 12.0 Å². The van der Waals surface area contributed by atoms with Crippen LogP contribution < -0.4 is 0 Å². The third-order valence-corrected chi connectivity index (χ3v) is 3.17. The molecule has 16 heavy (non-hydrogen) atoms. The Bertz CT molecular complexity index is 222. The van der Waals surface area contributed by atoms with Crippen molar-refractivity contribution in [3.05, 3.63) is 0 Å². The van der Waals surface area contributed by atoms with Crippen LogP contribution in [0.2, 0.25) is 0 Å². The minimum Gasteiger partial charge on any atom is -0.447 e. The van der Waals surface area contributed by atoms with E-state index < -0.39 is 0 Å². The van der Waals surface area contributed by atoms with Crippen molar-refractivity contribution in [1.82, 2.24) is 4.90 Å². The topological polar surface area (TPSA) is 38.8 Å². The average molecular weight is 229 g/mol. The number of rotatable bonds is 3. The van der Waals surface area contributed by atoms with Crippen molar-refractivity contribution < 1.29 is 14.3 Å². The molecule has 1 amide bonds. The van der Waals surface area contributed by atoms with Crippen molar-refractivity contribution >= 4 is 6.09 Å². The molecule has 0 radical (unpaired) electrons. The summed E-state index contributed by atoms with van der Waals surface area (Å²) in [6.45, 7) is 7.40. The van der Waals surface area contributed by atoms with Crippen molar-refractivity contribution in [1.29, 1.82) is 0 Å². The number of hydrogen-bond donors (Lipinski definition) is 0. The predicted molar refractivity (Wildman–Crippen MR) is 62.4 cm³/mol. The van der Waals surface area contributed by atoms with Gasteiger partial charge in [-0.1, -0.05) is 0 Å². The molecular weight excluding hydrogens is 206 g/mol. The molecule has 1 saturated heterocycles. The van der Waals surface area contributed by atoms with E-state index in [1.165, 1.54) is 0 Å². The van der Waals surface area contributed by atoms with Crippen molar-refractivity contribution in [2.24, 2.45) is 5.92 Å². The van der Waals surface area contributed by atoms with Gasteiger partial charge < -0.3 is 14.4 Å². The quantitative estimate of drug-likeness (QED) is 0.745. The normalized spacial score (nSPS) is 19.9. The number of amides is 1. The van der Waals surface area contributed by atoms with Crippen LogP contribution in [-0.2, 0) is 9.47 Å². The highest BCUT2D eigenvalue weighted by Crippen LogP contribution is 2.22. The summed E-state index contributed by atoms with van der Waals surface area (Å²) < 4.78 is 10.5. The minimum absolute atomic E-state index is 0.0388. The molecule has 0 bridgehead atoms. The number of carbonyl (C=O) groups excluding carboxylic acids is 1. The number of nitrogens with zero attached hydrogens (tertiary/aromatic N) is 1. The van der Waals surface area contributed by atoms with E-state index in [0.717, 1.165) is 25.9 Å². The van der Waals surface area contributed by atoms with E-state index in [9.17, 15) is 4.79 Å². The molecule has 1 heterocycles. The zero-order valence-corrected chi connectivity index (χ0v) is 10.7. The number of likely N-dealkylation sites (tertiary alicyclic amines) is 1. The zero-order chi connectivity index (χ0) is 12.1. The van der Waals surface area contributed by atoms with Gasteiger partial charge in [-0.25, -0.2) is 4.79 Å². The lowest BCUT2D eigenvalue weighted by Gasteiger charge is -2.34. The Balaban J connectivity index is 2.34. The summed E-state index contributed by atoms with van der Waals surface area (Å²) in [4.78, 5) is 13.4. The smallest absolute Gasteiger partial charge is 0.410 e. The van der Waals surface area contributed by atoms with Crippen LogP contribution in [0.15, 0.2) is 0 Å². The lowest BCUT2D eigenvalue weighted by atomic mass is 9.92. The van der Waals surface area contributed by atoms with Crippen LogP contribution >= 0.6 is 0 Å². The first-order chi connectivity index (χ1) is 7.54. The molecule has 0 aromatic carbocycles. The van der Waals surface area contributed by atoms with Gasteiger partial charge in [0.15, 0.2) is 0 Å². The van der Waals surface area contributed by atoms with Gasteiger partial charge in [0.25, 0.3) is 0 Å². The van der Waals surface area contributed by atoms with Gasteiger partial charge in [-0.05, 0) is 39.5 Å². The lowest BCUT2D eigenvalue weighted by molar-refractivity contribution is 0.0239. The molecule has 0 aliphatic carbocycles. The van der Waals surface area contributed by atoms with E-state index >= 15 is 0 Å². The van der Waals surface area contributed by atoms with E-state index in [0.29, 0.717) is 5.92 Å². The van der Waals surface area contributed by atoms with E-state index in [2.05, 4.69) is 6.92 Å². The van der Waals surface area contributed by atoms with Crippen LogP contribution in [0.4, 0.5) is 4.79 Å². The fraction of sp³-hybridized carbons (Fsp3) is 0.917. The highest BCUT2D eigenvalue weighted by molar-refractivity contribution is 5.67. The average Bonchev–Trinajstić information content (AvgIpc) is 2.27. The van der Waals surface area contributed by atoms with E-state index in [-0.39, 0.29) is 18.3 Å². The summed E-state index contributed by atoms with van der Waals surface area (Å²) in [5, 5.41) is 0. The second kappa shape index (κ2) is 6.09. The second-order valence-corrected chi connectivity index (χ2v) is 4.70. The van der Waals surface area contributed by atoms with Crippen LogP contribution in [0.1, 0.15) is 33.6 Å². The molecule has 1 unspecified atom stereocenters. The Morgan fingerprint density at radius 2 is 1.81 bits per heavy atom. The largest absolute Gasteiger partial charge is 0.447 e. The van der Waals surface area contributed by atoms with Gasteiger partial charge in [0.05, 0.1) is 12.2 Å². The van der Waals surface area contributed by atoms with Crippen LogP contribution in [0.5, 0.6) is 0 Å². The number of carbonyl (C=O) groups is 1. The number of methoxy groups -OCH3 is 1. The molecular formula is C12H23NO3. The molecule has 4 nitrogen and oxygen atoms in total. The van der Waals surface area contributed by atoms with Gasteiger partial charge >= 0.3 is 6.09 Å². The van der Waals surface area contributed by atoms with Crippen molar-refractivity contribution in [2.75, 3.05) is 20.2 Å². The minimum atomic E-state index is -0.182. The van der Waals surface area contributed by atoms with Gasteiger partial charge in [-0.3, -0.25) is 0 Å². The molecule has 1 atom stereocenters. The number of piperidine rings is 1. The highest BCUT2D eigenvalue weighted by Gasteiger charge is 2.27. The summed E-state index contributed by atoms with van der Waals surface area (Å²) in [6.07, 6.45) is 2.06. The third-order valence-electron chi connectivity index (χ3n) is 3.17. The summed E-state index contributed by atoms with van der Waals surface area (Å²) in [6, 6.07) is 0. The molecule has 0 aromatic heterocycles. The molecule has 0 saturated carbocycles.